The lowest BCUT2D eigenvalue weighted by molar-refractivity contribution is 1.16. The molecule has 5 heteroatoms. The minimum Gasteiger partial charge on any atom is -0.307 e. The topological polar surface area (TPSA) is 87.6 Å². The normalized spacial score (nSPS) is 9.50. The molecule has 1 aromatic heterocycles. The second-order valence-electron chi connectivity index (χ2n) is 3.06. The lowest BCUT2D eigenvalue weighted by Gasteiger charge is -2.07. The van der Waals surface area contributed by atoms with Crippen molar-refractivity contribution in [2.75, 3.05) is 5.43 Å². The van der Waals surface area contributed by atoms with Crippen molar-refractivity contribution < 1.29 is 0 Å². The highest BCUT2D eigenvalue weighted by Crippen LogP contribution is 2.25. The van der Waals surface area contributed by atoms with Crippen LogP contribution >= 0.6 is 0 Å². The number of hydrogen-bond acceptors (Lipinski definition) is 5. The first-order chi connectivity index (χ1) is 7.86. The molecule has 2 rings (SSSR count). The molecule has 0 saturated heterocycles. The van der Waals surface area contributed by atoms with E-state index in [9.17, 15) is 0 Å². The molecule has 3 N–H and O–H groups in total. The first-order valence-electron chi connectivity index (χ1n) is 4.64. The van der Waals surface area contributed by atoms with Crippen LogP contribution in [0.3, 0.4) is 0 Å². The van der Waals surface area contributed by atoms with E-state index < -0.39 is 0 Å². The largest absolute Gasteiger partial charge is 0.307 e. The average Bonchev–Trinajstić information content (AvgIpc) is 2.38. The minimum absolute atomic E-state index is 0.449. The summed E-state index contributed by atoms with van der Waals surface area (Å²) < 4.78 is 0. The molecule has 0 aliphatic rings. The minimum atomic E-state index is 0.449. The Morgan fingerprint density at radius 3 is 2.69 bits per heavy atom. The molecule has 0 amide bonds. The smallest absolute Gasteiger partial charge is 0.166 e. The van der Waals surface area contributed by atoms with E-state index in [0.717, 1.165) is 0 Å². The van der Waals surface area contributed by atoms with Crippen LogP contribution in [0.4, 0.5) is 5.82 Å². The van der Waals surface area contributed by atoms with Gasteiger partial charge in [-0.3, -0.25) is 4.98 Å². The Balaban J connectivity index is 2.64. The van der Waals surface area contributed by atoms with E-state index in [1.54, 1.807) is 18.3 Å². The molecule has 0 spiro atoms. The van der Waals surface area contributed by atoms with Gasteiger partial charge in [0.25, 0.3) is 0 Å². The zero-order valence-corrected chi connectivity index (χ0v) is 8.38. The summed E-state index contributed by atoms with van der Waals surface area (Å²) >= 11 is 0. The highest BCUT2D eigenvalue weighted by Gasteiger charge is 2.10. The maximum absolute atomic E-state index is 8.99. The number of hydrogen-bond donors (Lipinski definition) is 2. The summed E-state index contributed by atoms with van der Waals surface area (Å²) in [5, 5.41) is 8.99. The van der Waals surface area contributed by atoms with Crippen LogP contribution in [0.15, 0.2) is 36.7 Å². The SMILES string of the molecule is N#Cc1ccccc1-c1nccnc1NN. The van der Waals surface area contributed by atoms with Crippen molar-refractivity contribution in [2.24, 2.45) is 5.84 Å². The number of nitrogens with two attached hydrogens (primary N) is 1. The molecule has 0 unspecified atom stereocenters. The van der Waals surface area contributed by atoms with Crippen LogP contribution in [0.25, 0.3) is 11.3 Å². The van der Waals surface area contributed by atoms with Gasteiger partial charge in [0.1, 0.15) is 5.69 Å². The Labute approximate surface area is 92.5 Å². The van der Waals surface area contributed by atoms with Crippen molar-refractivity contribution in [2.45, 2.75) is 0 Å². The van der Waals surface area contributed by atoms with Crippen LogP contribution in [-0.4, -0.2) is 9.97 Å². The van der Waals surface area contributed by atoms with E-state index in [1.807, 2.05) is 12.1 Å². The van der Waals surface area contributed by atoms with Gasteiger partial charge in [0, 0.05) is 18.0 Å². The summed E-state index contributed by atoms with van der Waals surface area (Å²) in [7, 11) is 0. The van der Waals surface area contributed by atoms with Crippen LogP contribution in [0.2, 0.25) is 0 Å². The molecule has 5 nitrogen and oxygen atoms in total. The lowest BCUT2D eigenvalue weighted by Crippen LogP contribution is -2.10. The van der Waals surface area contributed by atoms with Crippen LogP contribution in [0.1, 0.15) is 5.56 Å². The van der Waals surface area contributed by atoms with E-state index in [1.165, 1.54) is 6.20 Å². The zero-order valence-electron chi connectivity index (χ0n) is 8.38. The van der Waals surface area contributed by atoms with Gasteiger partial charge in [0.15, 0.2) is 5.82 Å². The molecule has 0 fully saturated rings. The second-order valence-corrected chi connectivity index (χ2v) is 3.06. The molecule has 1 heterocycles. The van der Waals surface area contributed by atoms with Crippen molar-refractivity contribution in [1.82, 2.24) is 9.97 Å². The number of hydrazine groups is 1. The van der Waals surface area contributed by atoms with Crippen LogP contribution < -0.4 is 11.3 Å². The van der Waals surface area contributed by atoms with Crippen molar-refractivity contribution in [3.05, 3.63) is 42.2 Å². The molecule has 0 saturated carbocycles. The van der Waals surface area contributed by atoms with Crippen LogP contribution in [0, 0.1) is 11.3 Å². The predicted molar refractivity (Wildman–Crippen MR) is 60.0 cm³/mol. The summed E-state index contributed by atoms with van der Waals surface area (Å²) in [6.07, 6.45) is 3.10. The third kappa shape index (κ3) is 1.69. The summed E-state index contributed by atoms with van der Waals surface area (Å²) in [5.74, 6) is 5.79. The number of nitrogens with one attached hydrogen (secondary N) is 1. The van der Waals surface area contributed by atoms with Gasteiger partial charge < -0.3 is 5.43 Å². The molecule has 0 aliphatic heterocycles. The highest BCUT2D eigenvalue weighted by atomic mass is 15.3. The Hall–Kier alpha value is -2.45. The van der Waals surface area contributed by atoms with Gasteiger partial charge in [-0.05, 0) is 6.07 Å². The predicted octanol–water partition coefficient (Wildman–Crippen LogP) is 1.30. The monoisotopic (exact) mass is 211 g/mol. The van der Waals surface area contributed by atoms with Crippen LogP contribution in [0.5, 0.6) is 0 Å². The average molecular weight is 211 g/mol. The zero-order chi connectivity index (χ0) is 11.4. The molecule has 0 radical (unpaired) electrons. The summed E-state index contributed by atoms with van der Waals surface area (Å²) in [5.41, 5.74) is 4.29. The molecule has 78 valence electrons. The lowest BCUT2D eigenvalue weighted by atomic mass is 10.1. The molecule has 0 aliphatic carbocycles. The van der Waals surface area contributed by atoms with Crippen molar-refractivity contribution in [3.8, 4) is 17.3 Å². The van der Waals surface area contributed by atoms with E-state index in [4.69, 9.17) is 11.1 Å². The number of rotatable bonds is 2. The third-order valence-electron chi connectivity index (χ3n) is 2.14. The molecule has 2 aromatic rings. The summed E-state index contributed by atoms with van der Waals surface area (Å²) in [4.78, 5) is 8.21. The van der Waals surface area contributed by atoms with Gasteiger partial charge in [-0.1, -0.05) is 18.2 Å². The third-order valence-corrected chi connectivity index (χ3v) is 2.14. The molecular formula is C11H9N5. The Morgan fingerprint density at radius 1 is 1.19 bits per heavy atom. The van der Waals surface area contributed by atoms with E-state index >= 15 is 0 Å². The first-order valence-corrected chi connectivity index (χ1v) is 4.64. The summed E-state index contributed by atoms with van der Waals surface area (Å²) in [6, 6.07) is 9.28. The first kappa shape index (κ1) is 10.1. The number of benzene rings is 1. The van der Waals surface area contributed by atoms with Gasteiger partial charge in [-0.15, -0.1) is 0 Å². The van der Waals surface area contributed by atoms with Gasteiger partial charge in [-0.25, -0.2) is 10.8 Å². The van der Waals surface area contributed by atoms with Gasteiger partial charge in [-0.2, -0.15) is 5.26 Å². The fourth-order valence-electron chi connectivity index (χ4n) is 1.43. The molecule has 0 atom stereocenters. The van der Waals surface area contributed by atoms with E-state index in [0.29, 0.717) is 22.6 Å². The molecule has 0 bridgehead atoms. The number of nitriles is 1. The number of nitrogens with zero attached hydrogens (tertiary/aromatic N) is 3. The quantitative estimate of drug-likeness (QED) is 0.577. The fourth-order valence-corrected chi connectivity index (χ4v) is 1.43. The Bertz CT molecular complexity index is 544. The van der Waals surface area contributed by atoms with Gasteiger partial charge >= 0.3 is 0 Å². The van der Waals surface area contributed by atoms with Crippen molar-refractivity contribution >= 4 is 5.82 Å². The standard InChI is InChI=1S/C11H9N5/c12-7-8-3-1-2-4-9(8)10-11(16-13)15-6-5-14-10/h1-6H,13H2,(H,15,16). The van der Waals surface area contributed by atoms with E-state index in [2.05, 4.69) is 21.5 Å². The van der Waals surface area contributed by atoms with Crippen molar-refractivity contribution in [3.63, 3.8) is 0 Å². The van der Waals surface area contributed by atoms with Gasteiger partial charge in [0.2, 0.25) is 0 Å². The molecular weight excluding hydrogens is 202 g/mol. The fraction of sp³-hybridized carbons (Fsp3) is 0. The Morgan fingerprint density at radius 2 is 1.94 bits per heavy atom. The van der Waals surface area contributed by atoms with Crippen molar-refractivity contribution in [1.29, 1.82) is 5.26 Å². The number of nitrogen functional groups attached to an aromatic ring is 1. The summed E-state index contributed by atoms with van der Waals surface area (Å²) in [6.45, 7) is 0. The number of anilines is 1. The number of aromatic nitrogens is 2. The van der Waals surface area contributed by atoms with E-state index in [-0.39, 0.29) is 0 Å². The Kier molecular flexibility index (Phi) is 2.76. The van der Waals surface area contributed by atoms with Gasteiger partial charge in [0.05, 0.1) is 11.6 Å². The molecule has 1 aromatic carbocycles. The maximum Gasteiger partial charge on any atom is 0.166 e. The maximum atomic E-state index is 8.99. The highest BCUT2D eigenvalue weighted by molar-refractivity contribution is 5.75. The second kappa shape index (κ2) is 4.38. The molecule has 16 heavy (non-hydrogen) atoms. The van der Waals surface area contributed by atoms with Crippen LogP contribution in [-0.2, 0) is 0 Å².